The lowest BCUT2D eigenvalue weighted by Gasteiger charge is -2.18. The normalized spacial score (nSPS) is 11.0. The van der Waals surface area contributed by atoms with Crippen LogP contribution in [-0.4, -0.2) is 27.8 Å². The highest BCUT2D eigenvalue weighted by Crippen LogP contribution is 2.14. The number of aryl methyl sites for hydroxylation is 1. The maximum absolute atomic E-state index is 4.30. The lowest BCUT2D eigenvalue weighted by molar-refractivity contribution is 0.296. The Kier molecular flexibility index (Phi) is 5.81. The summed E-state index contributed by atoms with van der Waals surface area (Å²) in [7, 11) is 0. The van der Waals surface area contributed by atoms with Crippen LogP contribution in [0.15, 0.2) is 36.7 Å². The molecule has 4 nitrogen and oxygen atoms in total. The molecule has 1 aromatic carbocycles. The van der Waals surface area contributed by atoms with E-state index in [0.717, 1.165) is 32.7 Å². The second kappa shape index (κ2) is 7.84. The van der Waals surface area contributed by atoms with Crippen molar-refractivity contribution in [3.8, 4) is 0 Å². The zero-order valence-corrected chi connectivity index (χ0v) is 13.3. The van der Waals surface area contributed by atoms with E-state index in [-0.39, 0.29) is 0 Å². The fourth-order valence-corrected chi connectivity index (χ4v) is 2.36. The average molecular weight is 286 g/mol. The van der Waals surface area contributed by atoms with Crippen LogP contribution in [0.3, 0.4) is 0 Å². The van der Waals surface area contributed by atoms with Crippen LogP contribution in [0, 0.1) is 0 Å². The van der Waals surface area contributed by atoms with E-state index in [2.05, 4.69) is 66.5 Å². The zero-order valence-electron chi connectivity index (χ0n) is 13.3. The van der Waals surface area contributed by atoms with E-state index in [0.29, 0.717) is 0 Å². The number of anilines is 1. The third kappa shape index (κ3) is 4.60. The first kappa shape index (κ1) is 15.6. The minimum atomic E-state index is 0.814. The van der Waals surface area contributed by atoms with Crippen molar-refractivity contribution in [1.82, 2.24) is 14.7 Å². The second-order valence-electron chi connectivity index (χ2n) is 5.22. The Balaban J connectivity index is 1.94. The van der Waals surface area contributed by atoms with Gasteiger partial charge in [-0.25, -0.2) is 0 Å². The lowest BCUT2D eigenvalue weighted by atomic mass is 10.2. The van der Waals surface area contributed by atoms with Crippen LogP contribution in [-0.2, 0) is 19.6 Å². The Labute approximate surface area is 127 Å². The number of rotatable bonds is 8. The molecule has 0 unspecified atom stereocenters. The Bertz CT molecular complexity index is 543. The topological polar surface area (TPSA) is 33.1 Å². The fraction of sp³-hybridized carbons (Fsp3) is 0.471. The summed E-state index contributed by atoms with van der Waals surface area (Å²) in [6, 6.07) is 8.67. The van der Waals surface area contributed by atoms with Gasteiger partial charge in [-0.1, -0.05) is 26.0 Å². The predicted octanol–water partition coefficient (Wildman–Crippen LogP) is 3.36. The number of nitrogens with one attached hydrogen (secondary N) is 1. The van der Waals surface area contributed by atoms with Crippen LogP contribution < -0.4 is 5.32 Å². The van der Waals surface area contributed by atoms with Gasteiger partial charge in [-0.2, -0.15) is 5.10 Å². The second-order valence-corrected chi connectivity index (χ2v) is 5.22. The minimum Gasteiger partial charge on any atom is -0.381 e. The van der Waals surface area contributed by atoms with Crippen molar-refractivity contribution in [2.75, 3.05) is 18.4 Å². The molecule has 0 bridgehead atoms. The van der Waals surface area contributed by atoms with E-state index in [1.165, 1.54) is 16.8 Å². The number of hydrogen-bond donors (Lipinski definition) is 1. The van der Waals surface area contributed by atoms with Gasteiger partial charge in [0.05, 0.1) is 6.20 Å². The average Bonchev–Trinajstić information content (AvgIpc) is 2.99. The van der Waals surface area contributed by atoms with Crippen molar-refractivity contribution < 1.29 is 0 Å². The van der Waals surface area contributed by atoms with Crippen LogP contribution in [0.25, 0.3) is 0 Å². The van der Waals surface area contributed by atoms with Gasteiger partial charge in [-0.3, -0.25) is 9.58 Å². The first-order valence-corrected chi connectivity index (χ1v) is 7.81. The van der Waals surface area contributed by atoms with Crippen LogP contribution in [0.2, 0.25) is 0 Å². The quantitative estimate of drug-likeness (QED) is 0.808. The summed E-state index contributed by atoms with van der Waals surface area (Å²) in [5, 5.41) is 7.77. The molecule has 0 aliphatic carbocycles. The molecule has 0 fully saturated rings. The van der Waals surface area contributed by atoms with E-state index < -0.39 is 0 Å². The third-order valence-electron chi connectivity index (χ3n) is 3.73. The first-order valence-electron chi connectivity index (χ1n) is 7.81. The van der Waals surface area contributed by atoms with Crippen LogP contribution in [0.4, 0.5) is 5.69 Å². The summed E-state index contributed by atoms with van der Waals surface area (Å²) in [5.74, 6) is 0. The summed E-state index contributed by atoms with van der Waals surface area (Å²) < 4.78 is 1.95. The van der Waals surface area contributed by atoms with E-state index in [9.17, 15) is 0 Å². The van der Waals surface area contributed by atoms with Gasteiger partial charge in [0.25, 0.3) is 0 Å². The molecule has 0 saturated carbocycles. The molecule has 4 heteroatoms. The maximum atomic E-state index is 4.30. The highest BCUT2D eigenvalue weighted by Gasteiger charge is 2.02. The Hall–Kier alpha value is -1.81. The first-order chi connectivity index (χ1) is 10.2. The van der Waals surface area contributed by atoms with Crippen molar-refractivity contribution in [2.45, 2.75) is 40.4 Å². The zero-order chi connectivity index (χ0) is 15.1. The highest BCUT2D eigenvalue weighted by atomic mass is 15.3. The summed E-state index contributed by atoms with van der Waals surface area (Å²) in [5.41, 5.74) is 3.74. The van der Waals surface area contributed by atoms with Crippen molar-refractivity contribution in [3.05, 3.63) is 47.8 Å². The molecule has 0 amide bonds. The molecule has 0 saturated heterocycles. The van der Waals surface area contributed by atoms with Gasteiger partial charge in [-0.15, -0.1) is 0 Å². The fourth-order valence-electron chi connectivity index (χ4n) is 2.36. The van der Waals surface area contributed by atoms with Crippen molar-refractivity contribution >= 4 is 5.69 Å². The standard InChI is InChI=1S/C17H26N4/c1-4-20(5-2)13-15-8-7-9-17(10-15)18-11-16-12-19-21(6-3)14-16/h7-10,12,14,18H,4-6,11,13H2,1-3H3. The molecule has 21 heavy (non-hydrogen) atoms. The van der Waals surface area contributed by atoms with E-state index in [1.54, 1.807) is 0 Å². The monoisotopic (exact) mass is 286 g/mol. The molecule has 0 spiro atoms. The molecule has 0 aliphatic rings. The summed E-state index contributed by atoms with van der Waals surface area (Å²) in [4.78, 5) is 2.42. The highest BCUT2D eigenvalue weighted by molar-refractivity contribution is 5.46. The number of nitrogens with zero attached hydrogens (tertiary/aromatic N) is 3. The SMILES string of the molecule is CCN(CC)Cc1cccc(NCc2cnn(CC)c2)c1. The van der Waals surface area contributed by atoms with Gasteiger partial charge in [-0.05, 0) is 37.7 Å². The molecule has 0 atom stereocenters. The van der Waals surface area contributed by atoms with Crippen molar-refractivity contribution in [1.29, 1.82) is 0 Å². The Morgan fingerprint density at radius 1 is 1.14 bits per heavy atom. The molecular formula is C17H26N4. The van der Waals surface area contributed by atoms with Gasteiger partial charge >= 0.3 is 0 Å². The van der Waals surface area contributed by atoms with Crippen molar-refractivity contribution in [3.63, 3.8) is 0 Å². The van der Waals surface area contributed by atoms with E-state index >= 15 is 0 Å². The Morgan fingerprint density at radius 3 is 2.62 bits per heavy atom. The van der Waals surface area contributed by atoms with Gasteiger partial charge in [0.1, 0.15) is 0 Å². The molecule has 114 valence electrons. The third-order valence-corrected chi connectivity index (χ3v) is 3.73. The summed E-state index contributed by atoms with van der Waals surface area (Å²) in [6.45, 7) is 11.4. The molecule has 0 radical (unpaired) electrons. The van der Waals surface area contributed by atoms with Gasteiger partial charge in [0.15, 0.2) is 0 Å². The smallest absolute Gasteiger partial charge is 0.0539 e. The van der Waals surface area contributed by atoms with E-state index in [4.69, 9.17) is 0 Å². The van der Waals surface area contributed by atoms with Gasteiger partial charge in [0.2, 0.25) is 0 Å². The Morgan fingerprint density at radius 2 is 1.95 bits per heavy atom. The molecular weight excluding hydrogens is 260 g/mol. The molecule has 1 aromatic heterocycles. The summed E-state index contributed by atoms with van der Waals surface area (Å²) >= 11 is 0. The van der Waals surface area contributed by atoms with E-state index in [1.807, 2.05) is 10.9 Å². The minimum absolute atomic E-state index is 0.814. The van der Waals surface area contributed by atoms with Crippen LogP contribution in [0.1, 0.15) is 31.9 Å². The predicted molar refractivity (Wildman–Crippen MR) is 88.3 cm³/mol. The van der Waals surface area contributed by atoms with Gasteiger partial charge < -0.3 is 5.32 Å². The maximum Gasteiger partial charge on any atom is 0.0539 e. The number of hydrogen-bond acceptors (Lipinski definition) is 3. The number of benzene rings is 1. The molecule has 2 aromatic rings. The van der Waals surface area contributed by atoms with Crippen molar-refractivity contribution in [2.24, 2.45) is 0 Å². The molecule has 1 heterocycles. The number of aromatic nitrogens is 2. The molecule has 1 N–H and O–H groups in total. The molecule has 2 rings (SSSR count). The molecule has 0 aliphatic heterocycles. The summed E-state index contributed by atoms with van der Waals surface area (Å²) in [6.07, 6.45) is 4.02. The largest absolute Gasteiger partial charge is 0.381 e. The van der Waals surface area contributed by atoms with Crippen LogP contribution in [0.5, 0.6) is 0 Å². The van der Waals surface area contributed by atoms with Gasteiger partial charge in [0, 0.05) is 37.1 Å². The lowest BCUT2D eigenvalue weighted by Crippen LogP contribution is -2.22. The van der Waals surface area contributed by atoms with Crippen LogP contribution >= 0.6 is 0 Å².